The molecule has 0 aromatic heterocycles. The Morgan fingerprint density at radius 2 is 2.05 bits per heavy atom. The number of amides is 2. The average Bonchev–Trinajstić information content (AvgIpc) is 3.01. The molecule has 0 aliphatic carbocycles. The fourth-order valence-corrected chi connectivity index (χ4v) is 2.42. The van der Waals surface area contributed by atoms with Crippen molar-refractivity contribution in [3.8, 4) is 5.75 Å². The minimum atomic E-state index is -0.722. The Hall–Kier alpha value is -2.53. The lowest BCUT2D eigenvalue weighted by atomic mass is 10.1. The van der Waals surface area contributed by atoms with Crippen molar-refractivity contribution >= 4 is 11.7 Å². The van der Waals surface area contributed by atoms with Crippen molar-refractivity contribution in [2.24, 2.45) is 0 Å². The Morgan fingerprint density at radius 1 is 1.23 bits per heavy atom. The van der Waals surface area contributed by atoms with Gasteiger partial charge in [-0.25, -0.2) is 4.79 Å². The Bertz CT molecular complexity index is 658. The summed E-state index contributed by atoms with van der Waals surface area (Å²) in [5.41, 5.74) is 2.59. The van der Waals surface area contributed by atoms with E-state index in [0.29, 0.717) is 6.61 Å². The van der Waals surface area contributed by atoms with Gasteiger partial charge in [-0.3, -0.25) is 0 Å². The van der Waals surface area contributed by atoms with E-state index in [4.69, 9.17) is 4.74 Å². The molecule has 22 heavy (non-hydrogen) atoms. The third kappa shape index (κ3) is 3.38. The molecule has 2 amide bonds. The smallest absolute Gasteiger partial charge is 0.319 e. The number of hydrogen-bond acceptors (Lipinski definition) is 3. The highest BCUT2D eigenvalue weighted by molar-refractivity contribution is 5.89. The van der Waals surface area contributed by atoms with Crippen molar-refractivity contribution in [3.63, 3.8) is 0 Å². The van der Waals surface area contributed by atoms with Gasteiger partial charge in [-0.1, -0.05) is 30.3 Å². The third-order valence-corrected chi connectivity index (χ3v) is 3.59. The lowest BCUT2D eigenvalue weighted by Gasteiger charge is -2.13. The third-order valence-electron chi connectivity index (χ3n) is 3.59. The van der Waals surface area contributed by atoms with E-state index < -0.39 is 6.10 Å². The maximum Gasteiger partial charge on any atom is 0.319 e. The number of fused-ring (bicyclic) bond motifs is 1. The zero-order chi connectivity index (χ0) is 15.4. The summed E-state index contributed by atoms with van der Waals surface area (Å²) < 4.78 is 5.42. The second kappa shape index (κ2) is 6.49. The fourth-order valence-electron chi connectivity index (χ4n) is 2.42. The largest absolute Gasteiger partial charge is 0.493 e. The Labute approximate surface area is 128 Å². The zero-order valence-corrected chi connectivity index (χ0v) is 12.1. The number of carbonyl (C=O) groups excluding carboxylic acids is 1. The highest BCUT2D eigenvalue weighted by Gasteiger charge is 2.13. The maximum atomic E-state index is 11.9. The number of carbonyl (C=O) groups is 1. The first-order chi connectivity index (χ1) is 10.7. The van der Waals surface area contributed by atoms with E-state index in [1.54, 1.807) is 6.07 Å². The first kappa shape index (κ1) is 14.4. The van der Waals surface area contributed by atoms with E-state index >= 15 is 0 Å². The van der Waals surface area contributed by atoms with Crippen LogP contribution in [0.15, 0.2) is 48.5 Å². The van der Waals surface area contributed by atoms with Crippen LogP contribution in [-0.4, -0.2) is 24.3 Å². The van der Waals surface area contributed by atoms with E-state index in [-0.39, 0.29) is 12.6 Å². The van der Waals surface area contributed by atoms with Crippen molar-refractivity contribution < 1.29 is 14.6 Å². The summed E-state index contributed by atoms with van der Waals surface area (Å²) in [6, 6.07) is 14.5. The van der Waals surface area contributed by atoms with Crippen LogP contribution in [0, 0.1) is 0 Å². The molecule has 0 bridgehead atoms. The van der Waals surface area contributed by atoms with Gasteiger partial charge in [-0.15, -0.1) is 0 Å². The van der Waals surface area contributed by atoms with Crippen LogP contribution in [0.3, 0.4) is 0 Å². The number of ether oxygens (including phenoxy) is 1. The molecule has 0 radical (unpaired) electrons. The monoisotopic (exact) mass is 298 g/mol. The predicted octanol–water partition coefficient (Wildman–Crippen LogP) is 2.48. The van der Waals surface area contributed by atoms with Crippen molar-refractivity contribution in [2.75, 3.05) is 18.5 Å². The first-order valence-electron chi connectivity index (χ1n) is 7.26. The Morgan fingerprint density at radius 3 is 2.86 bits per heavy atom. The summed E-state index contributed by atoms with van der Waals surface area (Å²) in [6.45, 7) is 0.845. The van der Waals surface area contributed by atoms with Crippen molar-refractivity contribution in [1.82, 2.24) is 5.32 Å². The molecule has 5 heteroatoms. The van der Waals surface area contributed by atoms with Gasteiger partial charge in [-0.2, -0.15) is 0 Å². The highest BCUT2D eigenvalue weighted by Crippen LogP contribution is 2.27. The van der Waals surface area contributed by atoms with E-state index in [0.717, 1.165) is 29.0 Å². The molecule has 2 aromatic carbocycles. The second-order valence-electron chi connectivity index (χ2n) is 5.18. The van der Waals surface area contributed by atoms with Gasteiger partial charge >= 0.3 is 6.03 Å². The fraction of sp³-hybridized carbons (Fsp3) is 0.235. The van der Waals surface area contributed by atoms with Gasteiger partial charge < -0.3 is 20.5 Å². The molecule has 3 N–H and O–H groups in total. The molecule has 0 spiro atoms. The number of benzene rings is 2. The summed E-state index contributed by atoms with van der Waals surface area (Å²) in [6.07, 6.45) is 0.138. The van der Waals surface area contributed by atoms with Gasteiger partial charge in [0.05, 0.1) is 12.7 Å². The SMILES string of the molecule is O=C(NC[C@H](O)c1ccccc1)Nc1ccc2c(c1)CCO2. The molecule has 1 heterocycles. The van der Waals surface area contributed by atoms with Crippen LogP contribution in [0.4, 0.5) is 10.5 Å². The van der Waals surface area contributed by atoms with Crippen LogP contribution >= 0.6 is 0 Å². The molecule has 1 aliphatic heterocycles. The van der Waals surface area contributed by atoms with Crippen LogP contribution in [-0.2, 0) is 6.42 Å². The normalized spacial score (nSPS) is 13.9. The molecule has 1 atom stereocenters. The summed E-state index contributed by atoms with van der Waals surface area (Å²) >= 11 is 0. The molecule has 114 valence electrons. The zero-order valence-electron chi connectivity index (χ0n) is 12.1. The number of nitrogens with one attached hydrogen (secondary N) is 2. The number of aliphatic hydroxyl groups excluding tert-OH is 1. The number of anilines is 1. The van der Waals surface area contributed by atoms with Crippen LogP contribution in [0.2, 0.25) is 0 Å². The van der Waals surface area contributed by atoms with E-state index in [1.165, 1.54) is 0 Å². The number of urea groups is 1. The lowest BCUT2D eigenvalue weighted by Crippen LogP contribution is -2.32. The number of hydrogen-bond donors (Lipinski definition) is 3. The van der Waals surface area contributed by atoms with Gasteiger partial charge in [-0.05, 0) is 29.3 Å². The molecular formula is C17H18N2O3. The van der Waals surface area contributed by atoms with Gasteiger partial charge in [0, 0.05) is 18.7 Å². The van der Waals surface area contributed by atoms with Crippen LogP contribution in [0.1, 0.15) is 17.2 Å². The van der Waals surface area contributed by atoms with Crippen molar-refractivity contribution in [3.05, 3.63) is 59.7 Å². The Kier molecular flexibility index (Phi) is 4.25. The number of rotatable bonds is 4. The average molecular weight is 298 g/mol. The molecule has 2 aromatic rings. The molecule has 5 nitrogen and oxygen atoms in total. The highest BCUT2D eigenvalue weighted by atomic mass is 16.5. The van der Waals surface area contributed by atoms with Gasteiger partial charge in [0.15, 0.2) is 0 Å². The lowest BCUT2D eigenvalue weighted by molar-refractivity contribution is 0.175. The minimum Gasteiger partial charge on any atom is -0.493 e. The molecule has 3 rings (SSSR count). The summed E-state index contributed by atoms with van der Waals surface area (Å²) in [7, 11) is 0. The number of aliphatic hydroxyl groups is 1. The van der Waals surface area contributed by atoms with Crippen LogP contribution in [0.25, 0.3) is 0 Å². The predicted molar refractivity (Wildman–Crippen MR) is 84.1 cm³/mol. The second-order valence-corrected chi connectivity index (χ2v) is 5.18. The standard InChI is InChI=1S/C17H18N2O3/c20-15(12-4-2-1-3-5-12)11-18-17(21)19-14-6-7-16-13(10-14)8-9-22-16/h1-7,10,15,20H,8-9,11H2,(H2,18,19,21)/t15-/m0/s1. The van der Waals surface area contributed by atoms with Crippen LogP contribution in [0.5, 0.6) is 5.75 Å². The first-order valence-corrected chi connectivity index (χ1v) is 7.26. The van der Waals surface area contributed by atoms with Gasteiger partial charge in [0.25, 0.3) is 0 Å². The minimum absolute atomic E-state index is 0.157. The molecule has 0 fully saturated rings. The topological polar surface area (TPSA) is 70.6 Å². The van der Waals surface area contributed by atoms with E-state index in [2.05, 4.69) is 10.6 Å². The maximum absolute atomic E-state index is 11.9. The molecule has 0 saturated heterocycles. The van der Waals surface area contributed by atoms with E-state index in [1.807, 2.05) is 42.5 Å². The summed E-state index contributed by atoms with van der Waals surface area (Å²) in [4.78, 5) is 11.9. The van der Waals surface area contributed by atoms with Crippen molar-refractivity contribution in [1.29, 1.82) is 0 Å². The summed E-state index contributed by atoms with van der Waals surface area (Å²) in [5.74, 6) is 0.880. The molecular weight excluding hydrogens is 280 g/mol. The molecule has 0 saturated carbocycles. The Balaban J connectivity index is 1.52. The molecule has 0 unspecified atom stereocenters. The van der Waals surface area contributed by atoms with Gasteiger partial charge in [0.2, 0.25) is 0 Å². The quantitative estimate of drug-likeness (QED) is 0.812. The summed E-state index contributed by atoms with van der Waals surface area (Å²) in [5, 5.41) is 15.4. The van der Waals surface area contributed by atoms with Gasteiger partial charge in [0.1, 0.15) is 5.75 Å². The molecule has 1 aliphatic rings. The van der Waals surface area contributed by atoms with Crippen LogP contribution < -0.4 is 15.4 Å². The van der Waals surface area contributed by atoms with Crippen molar-refractivity contribution in [2.45, 2.75) is 12.5 Å². The van der Waals surface area contributed by atoms with E-state index in [9.17, 15) is 9.90 Å².